The van der Waals surface area contributed by atoms with E-state index in [0.717, 1.165) is 12.1 Å². The van der Waals surface area contributed by atoms with Gasteiger partial charge in [-0.05, 0) is 24.6 Å². The highest BCUT2D eigenvalue weighted by atomic mass is 19.4. The van der Waals surface area contributed by atoms with Crippen molar-refractivity contribution in [2.45, 2.75) is 13.1 Å². The van der Waals surface area contributed by atoms with Crippen molar-refractivity contribution in [3.8, 4) is 0 Å². The van der Waals surface area contributed by atoms with Crippen LogP contribution in [-0.4, -0.2) is 5.71 Å². The Hall–Kier alpha value is -1.52. The molecule has 0 unspecified atom stereocenters. The van der Waals surface area contributed by atoms with Gasteiger partial charge >= 0.3 is 6.18 Å². The summed E-state index contributed by atoms with van der Waals surface area (Å²) < 4.78 is 37.0. The maximum Gasteiger partial charge on any atom is 0.416 e. The summed E-state index contributed by atoms with van der Waals surface area (Å²) in [5.41, 5.74) is -0.0109. The molecule has 5 heteroatoms. The fraction of sp³-hybridized carbons (Fsp3) is 0.200. The molecule has 0 N–H and O–H groups in total. The van der Waals surface area contributed by atoms with E-state index in [0.29, 0.717) is 11.3 Å². The van der Waals surface area contributed by atoms with Crippen LogP contribution in [0.3, 0.4) is 0 Å². The van der Waals surface area contributed by atoms with Crippen LogP contribution in [-0.2, 0) is 11.0 Å². The van der Waals surface area contributed by atoms with Crippen LogP contribution in [0.4, 0.5) is 13.2 Å². The van der Waals surface area contributed by atoms with Gasteiger partial charge in [-0.3, -0.25) is 0 Å². The lowest BCUT2D eigenvalue weighted by atomic mass is 10.1. The summed E-state index contributed by atoms with van der Waals surface area (Å²) in [6.07, 6.45) is -4.35. The molecule has 2 nitrogen and oxygen atoms in total. The Morgan fingerprint density at radius 3 is 2.60 bits per heavy atom. The molecule has 1 radical (unpaired) electrons. The van der Waals surface area contributed by atoms with Crippen molar-refractivity contribution >= 4 is 5.71 Å². The van der Waals surface area contributed by atoms with Crippen LogP contribution in [0.15, 0.2) is 29.4 Å². The summed E-state index contributed by atoms with van der Waals surface area (Å²) in [6.45, 7) is 1.54. The lowest BCUT2D eigenvalue weighted by molar-refractivity contribution is -0.137. The molecule has 0 atom stereocenters. The fourth-order valence-corrected chi connectivity index (χ4v) is 1.07. The molecule has 0 aliphatic carbocycles. The Labute approximate surface area is 85.4 Å². The van der Waals surface area contributed by atoms with Crippen LogP contribution in [0.1, 0.15) is 18.1 Å². The van der Waals surface area contributed by atoms with Crippen LogP contribution in [0.25, 0.3) is 0 Å². The zero-order valence-corrected chi connectivity index (χ0v) is 8.01. The molecule has 1 aromatic carbocycles. The SMILES string of the molecule is [CH2]O/N=C(\C)c1cccc(C(F)(F)F)c1. The molecule has 0 spiro atoms. The second kappa shape index (κ2) is 4.33. The Morgan fingerprint density at radius 1 is 1.40 bits per heavy atom. The Bertz CT molecular complexity index is 371. The molecule has 0 amide bonds. The summed E-state index contributed by atoms with van der Waals surface area (Å²) >= 11 is 0. The first-order valence-electron chi connectivity index (χ1n) is 4.08. The zero-order valence-electron chi connectivity index (χ0n) is 8.01. The highest BCUT2D eigenvalue weighted by molar-refractivity contribution is 5.98. The van der Waals surface area contributed by atoms with Crippen molar-refractivity contribution in [1.29, 1.82) is 0 Å². The topological polar surface area (TPSA) is 21.6 Å². The number of hydrogen-bond donors (Lipinski definition) is 0. The number of benzene rings is 1. The summed E-state index contributed by atoms with van der Waals surface area (Å²) in [5, 5.41) is 3.46. The average Bonchev–Trinajstić information content (AvgIpc) is 2.17. The van der Waals surface area contributed by atoms with Crippen LogP contribution >= 0.6 is 0 Å². The van der Waals surface area contributed by atoms with Gasteiger partial charge < -0.3 is 4.84 Å². The second-order valence-electron chi connectivity index (χ2n) is 2.88. The van der Waals surface area contributed by atoms with E-state index in [1.165, 1.54) is 12.1 Å². The van der Waals surface area contributed by atoms with Gasteiger partial charge in [0.05, 0.1) is 11.3 Å². The second-order valence-corrected chi connectivity index (χ2v) is 2.88. The van der Waals surface area contributed by atoms with Crippen molar-refractivity contribution in [1.82, 2.24) is 0 Å². The van der Waals surface area contributed by atoms with E-state index in [-0.39, 0.29) is 0 Å². The summed E-state index contributed by atoms with van der Waals surface area (Å²) in [7, 11) is 3.01. The normalized spacial score (nSPS) is 12.7. The van der Waals surface area contributed by atoms with Crippen molar-refractivity contribution in [3.05, 3.63) is 42.5 Å². The van der Waals surface area contributed by atoms with Gasteiger partial charge in [-0.25, -0.2) is 0 Å². The third-order valence-corrected chi connectivity index (χ3v) is 1.81. The van der Waals surface area contributed by atoms with Crippen LogP contribution < -0.4 is 0 Å². The monoisotopic (exact) mass is 216 g/mol. The highest BCUT2D eigenvalue weighted by Gasteiger charge is 2.30. The molecular formula is C10H9F3NO. The van der Waals surface area contributed by atoms with Gasteiger partial charge in [-0.1, -0.05) is 17.3 Å². The number of hydrogen-bond acceptors (Lipinski definition) is 2. The zero-order chi connectivity index (χ0) is 11.5. The smallest absolute Gasteiger partial charge is 0.392 e. The van der Waals surface area contributed by atoms with E-state index < -0.39 is 11.7 Å². The molecule has 0 aliphatic heterocycles. The first-order chi connectivity index (χ1) is 6.95. The lowest BCUT2D eigenvalue weighted by Crippen LogP contribution is -2.06. The van der Waals surface area contributed by atoms with E-state index in [2.05, 4.69) is 17.1 Å². The molecular weight excluding hydrogens is 207 g/mol. The largest absolute Gasteiger partial charge is 0.416 e. The number of oxime groups is 1. The quantitative estimate of drug-likeness (QED) is 0.549. The third-order valence-electron chi connectivity index (χ3n) is 1.81. The molecule has 15 heavy (non-hydrogen) atoms. The minimum absolute atomic E-state index is 0.344. The maximum absolute atomic E-state index is 12.3. The molecule has 0 saturated carbocycles. The van der Waals surface area contributed by atoms with Crippen molar-refractivity contribution in [3.63, 3.8) is 0 Å². The van der Waals surface area contributed by atoms with E-state index in [9.17, 15) is 13.2 Å². The van der Waals surface area contributed by atoms with Crippen molar-refractivity contribution < 1.29 is 18.0 Å². The fourth-order valence-electron chi connectivity index (χ4n) is 1.07. The van der Waals surface area contributed by atoms with Gasteiger partial charge in [0.1, 0.15) is 0 Å². The van der Waals surface area contributed by atoms with Crippen LogP contribution in [0.5, 0.6) is 0 Å². The Kier molecular flexibility index (Phi) is 3.34. The molecule has 0 saturated heterocycles. The number of rotatable bonds is 2. The van der Waals surface area contributed by atoms with E-state index >= 15 is 0 Å². The number of nitrogens with zero attached hydrogens (tertiary/aromatic N) is 1. The van der Waals surface area contributed by atoms with Crippen LogP contribution in [0, 0.1) is 7.11 Å². The summed E-state index contributed by atoms with van der Waals surface area (Å²) in [5.74, 6) is 0. The summed E-state index contributed by atoms with van der Waals surface area (Å²) in [4.78, 5) is 4.24. The third kappa shape index (κ3) is 2.97. The van der Waals surface area contributed by atoms with Crippen LogP contribution in [0.2, 0.25) is 0 Å². The molecule has 1 rings (SSSR count). The highest BCUT2D eigenvalue weighted by Crippen LogP contribution is 2.29. The number of halogens is 3. The van der Waals surface area contributed by atoms with E-state index in [4.69, 9.17) is 0 Å². The summed E-state index contributed by atoms with van der Waals surface area (Å²) in [6, 6.07) is 4.85. The molecule has 0 fully saturated rings. The van der Waals surface area contributed by atoms with Crippen molar-refractivity contribution in [2.75, 3.05) is 0 Å². The van der Waals surface area contributed by atoms with Gasteiger partial charge in [0.25, 0.3) is 0 Å². The van der Waals surface area contributed by atoms with E-state index in [1.807, 2.05) is 0 Å². The standard InChI is InChI=1S/C10H9F3NO/c1-7(14-15-2)8-4-3-5-9(6-8)10(11,12)13/h3-6H,2H2,1H3/b14-7+. The average molecular weight is 216 g/mol. The predicted molar refractivity (Wildman–Crippen MR) is 50.1 cm³/mol. The minimum atomic E-state index is -4.35. The number of alkyl halides is 3. The molecule has 0 aromatic heterocycles. The molecule has 0 aliphatic rings. The maximum atomic E-state index is 12.3. The first-order valence-corrected chi connectivity index (χ1v) is 4.08. The van der Waals surface area contributed by atoms with Crippen molar-refractivity contribution in [2.24, 2.45) is 5.16 Å². The molecule has 0 bridgehead atoms. The minimum Gasteiger partial charge on any atom is -0.392 e. The Morgan fingerprint density at radius 2 is 2.07 bits per heavy atom. The van der Waals surface area contributed by atoms with Gasteiger partial charge in [0.2, 0.25) is 0 Å². The Balaban J connectivity index is 3.08. The van der Waals surface area contributed by atoms with Gasteiger partial charge in [-0.15, -0.1) is 0 Å². The van der Waals surface area contributed by atoms with Gasteiger partial charge in [0, 0.05) is 0 Å². The van der Waals surface area contributed by atoms with Gasteiger partial charge in [0.15, 0.2) is 7.11 Å². The molecule has 0 heterocycles. The van der Waals surface area contributed by atoms with E-state index in [1.54, 1.807) is 6.92 Å². The lowest BCUT2D eigenvalue weighted by Gasteiger charge is -2.07. The molecule has 1 aromatic rings. The predicted octanol–water partition coefficient (Wildman–Crippen LogP) is 3.24. The molecule has 81 valence electrons. The first kappa shape index (κ1) is 11.6. The van der Waals surface area contributed by atoms with Gasteiger partial charge in [-0.2, -0.15) is 13.2 Å².